The third kappa shape index (κ3) is 2.06. The van der Waals surface area contributed by atoms with Crippen molar-refractivity contribution in [3.8, 4) is 6.07 Å². The Hall–Kier alpha value is -1.83. The van der Waals surface area contributed by atoms with Crippen molar-refractivity contribution < 1.29 is 4.79 Å². The van der Waals surface area contributed by atoms with Crippen LogP contribution in [0.15, 0.2) is 12.5 Å². The van der Waals surface area contributed by atoms with Crippen LogP contribution in [0.4, 0.5) is 0 Å². The lowest BCUT2D eigenvalue weighted by Crippen LogP contribution is -2.39. The number of hydrogen-bond donors (Lipinski definition) is 0. The minimum Gasteiger partial charge on any atom is -0.340 e. The van der Waals surface area contributed by atoms with E-state index in [4.69, 9.17) is 5.26 Å². The molecule has 5 heteroatoms. The fourth-order valence-electron chi connectivity index (χ4n) is 1.95. The summed E-state index contributed by atoms with van der Waals surface area (Å²) in [7, 11) is 1.83. The van der Waals surface area contributed by atoms with Gasteiger partial charge in [0.05, 0.1) is 18.3 Å². The molecule has 1 amide bonds. The maximum absolute atomic E-state index is 12.0. The number of nitrogens with zero attached hydrogens (tertiary/aromatic N) is 4. The van der Waals surface area contributed by atoms with E-state index in [1.807, 2.05) is 7.05 Å². The van der Waals surface area contributed by atoms with Crippen LogP contribution in [0, 0.1) is 17.2 Å². The predicted molar refractivity (Wildman–Crippen MR) is 57.4 cm³/mol. The molecule has 1 aromatic heterocycles. The van der Waals surface area contributed by atoms with Gasteiger partial charge in [-0.3, -0.25) is 4.79 Å². The number of aryl methyl sites for hydroxylation is 1. The zero-order valence-electron chi connectivity index (χ0n) is 9.26. The molecule has 1 aliphatic rings. The van der Waals surface area contributed by atoms with E-state index in [0.29, 0.717) is 12.2 Å². The van der Waals surface area contributed by atoms with Gasteiger partial charge in [0.15, 0.2) is 0 Å². The quantitative estimate of drug-likeness (QED) is 0.700. The number of nitriles is 1. The summed E-state index contributed by atoms with van der Waals surface area (Å²) in [5.41, 5.74) is 0.459. The van der Waals surface area contributed by atoms with Crippen molar-refractivity contribution in [2.75, 3.05) is 13.1 Å². The van der Waals surface area contributed by atoms with Crippen LogP contribution in [0.5, 0.6) is 0 Å². The molecule has 5 nitrogen and oxygen atoms in total. The summed E-state index contributed by atoms with van der Waals surface area (Å²) < 4.78 is 1.75. The summed E-state index contributed by atoms with van der Waals surface area (Å²) in [5, 5.41) is 8.86. The molecule has 0 N–H and O–H groups in total. The van der Waals surface area contributed by atoms with Crippen LogP contribution >= 0.6 is 0 Å². The molecule has 16 heavy (non-hydrogen) atoms. The topological polar surface area (TPSA) is 61.9 Å². The minimum absolute atomic E-state index is 0.0265. The largest absolute Gasteiger partial charge is 0.340 e. The number of likely N-dealkylation sites (tertiary alicyclic amines) is 1. The average Bonchev–Trinajstić information content (AvgIpc) is 2.75. The standard InChI is InChI=1S/C11H14N4O/c1-14-7-10(13-8-14)11(16)15-4-2-3-9(5-12)6-15/h7-9H,2-4,6H2,1H3. The molecule has 0 radical (unpaired) electrons. The molecule has 1 aromatic rings. The van der Waals surface area contributed by atoms with Gasteiger partial charge in [0.1, 0.15) is 5.69 Å². The van der Waals surface area contributed by atoms with Crippen molar-refractivity contribution in [3.63, 3.8) is 0 Å². The van der Waals surface area contributed by atoms with Gasteiger partial charge in [0.2, 0.25) is 0 Å². The van der Waals surface area contributed by atoms with Gasteiger partial charge in [-0.15, -0.1) is 0 Å². The number of carbonyl (C=O) groups is 1. The van der Waals surface area contributed by atoms with E-state index in [1.165, 1.54) is 0 Å². The lowest BCUT2D eigenvalue weighted by Gasteiger charge is -2.28. The molecule has 1 aliphatic heterocycles. The first-order valence-corrected chi connectivity index (χ1v) is 5.37. The van der Waals surface area contributed by atoms with E-state index in [9.17, 15) is 4.79 Å². The second-order valence-corrected chi connectivity index (χ2v) is 4.14. The Morgan fingerprint density at radius 1 is 1.69 bits per heavy atom. The summed E-state index contributed by atoms with van der Waals surface area (Å²) in [6.07, 6.45) is 5.11. The Labute approximate surface area is 94.3 Å². The first-order chi connectivity index (χ1) is 7.70. The van der Waals surface area contributed by atoms with Crippen LogP contribution in [0.3, 0.4) is 0 Å². The van der Waals surface area contributed by atoms with Gasteiger partial charge in [0.25, 0.3) is 5.91 Å². The first kappa shape index (κ1) is 10.7. The van der Waals surface area contributed by atoms with Crippen LogP contribution in [-0.2, 0) is 7.05 Å². The molecule has 0 aromatic carbocycles. The molecule has 84 valence electrons. The van der Waals surface area contributed by atoms with Crippen LogP contribution in [0.1, 0.15) is 23.3 Å². The molecule has 0 bridgehead atoms. The van der Waals surface area contributed by atoms with Crippen LogP contribution in [-0.4, -0.2) is 33.4 Å². The number of imidazole rings is 1. The zero-order chi connectivity index (χ0) is 11.5. The SMILES string of the molecule is Cn1cnc(C(=O)N2CCCC(C#N)C2)c1. The summed E-state index contributed by atoms with van der Waals surface area (Å²) in [6, 6.07) is 2.23. The normalized spacial score (nSPS) is 20.5. The van der Waals surface area contributed by atoms with Gasteiger partial charge in [-0.05, 0) is 12.8 Å². The smallest absolute Gasteiger partial charge is 0.274 e. The number of carbonyl (C=O) groups excluding carboxylic acids is 1. The third-order valence-electron chi connectivity index (χ3n) is 2.82. The summed E-state index contributed by atoms with van der Waals surface area (Å²) in [4.78, 5) is 17.8. The molecule has 1 unspecified atom stereocenters. The van der Waals surface area contributed by atoms with Crippen molar-refractivity contribution in [3.05, 3.63) is 18.2 Å². The molecule has 0 aliphatic carbocycles. The van der Waals surface area contributed by atoms with Crippen LogP contribution in [0.2, 0.25) is 0 Å². The fourth-order valence-corrected chi connectivity index (χ4v) is 1.95. The van der Waals surface area contributed by atoms with Crippen molar-refractivity contribution in [2.24, 2.45) is 13.0 Å². The van der Waals surface area contributed by atoms with Crippen molar-refractivity contribution in [1.29, 1.82) is 5.26 Å². The average molecular weight is 218 g/mol. The monoisotopic (exact) mass is 218 g/mol. The van der Waals surface area contributed by atoms with E-state index in [-0.39, 0.29) is 11.8 Å². The number of piperidine rings is 1. The Morgan fingerprint density at radius 2 is 2.50 bits per heavy atom. The molecule has 1 fully saturated rings. The van der Waals surface area contributed by atoms with Crippen molar-refractivity contribution >= 4 is 5.91 Å². The minimum atomic E-state index is -0.0689. The third-order valence-corrected chi connectivity index (χ3v) is 2.82. The van der Waals surface area contributed by atoms with Gasteiger partial charge < -0.3 is 9.47 Å². The lowest BCUT2D eigenvalue weighted by atomic mass is 9.99. The summed E-state index contributed by atoms with van der Waals surface area (Å²) in [6.45, 7) is 1.26. The molecule has 0 saturated carbocycles. The summed E-state index contributed by atoms with van der Waals surface area (Å²) >= 11 is 0. The maximum Gasteiger partial charge on any atom is 0.274 e. The highest BCUT2D eigenvalue weighted by Gasteiger charge is 2.25. The van der Waals surface area contributed by atoms with Crippen LogP contribution < -0.4 is 0 Å². The van der Waals surface area contributed by atoms with E-state index < -0.39 is 0 Å². The highest BCUT2D eigenvalue weighted by Crippen LogP contribution is 2.17. The predicted octanol–water partition coefficient (Wildman–Crippen LogP) is 0.796. The van der Waals surface area contributed by atoms with Gasteiger partial charge in [-0.25, -0.2) is 4.98 Å². The highest BCUT2D eigenvalue weighted by atomic mass is 16.2. The van der Waals surface area contributed by atoms with Crippen molar-refractivity contribution in [2.45, 2.75) is 12.8 Å². The van der Waals surface area contributed by atoms with Crippen LogP contribution in [0.25, 0.3) is 0 Å². The first-order valence-electron chi connectivity index (χ1n) is 5.37. The van der Waals surface area contributed by atoms with Gasteiger partial charge in [0, 0.05) is 26.3 Å². The molecular formula is C11H14N4O. The van der Waals surface area contributed by atoms with Gasteiger partial charge >= 0.3 is 0 Å². The Bertz CT molecular complexity index is 431. The fraction of sp³-hybridized carbons (Fsp3) is 0.545. The number of hydrogen-bond acceptors (Lipinski definition) is 3. The lowest BCUT2D eigenvalue weighted by molar-refractivity contribution is 0.0693. The molecule has 2 rings (SSSR count). The second kappa shape index (κ2) is 4.35. The van der Waals surface area contributed by atoms with E-state index >= 15 is 0 Å². The zero-order valence-corrected chi connectivity index (χ0v) is 9.26. The second-order valence-electron chi connectivity index (χ2n) is 4.14. The Kier molecular flexibility index (Phi) is 2.91. The highest BCUT2D eigenvalue weighted by molar-refractivity contribution is 5.92. The molecule has 1 saturated heterocycles. The van der Waals surface area contributed by atoms with E-state index in [1.54, 1.807) is 22.0 Å². The van der Waals surface area contributed by atoms with Gasteiger partial charge in [-0.2, -0.15) is 5.26 Å². The molecule has 1 atom stereocenters. The Morgan fingerprint density at radius 3 is 3.12 bits per heavy atom. The summed E-state index contributed by atoms with van der Waals surface area (Å²) in [5.74, 6) is -0.0954. The Balaban J connectivity index is 2.08. The number of amides is 1. The number of rotatable bonds is 1. The van der Waals surface area contributed by atoms with Gasteiger partial charge in [-0.1, -0.05) is 0 Å². The molecule has 0 spiro atoms. The van der Waals surface area contributed by atoms with E-state index in [0.717, 1.165) is 19.4 Å². The maximum atomic E-state index is 12.0. The number of aromatic nitrogens is 2. The molecular weight excluding hydrogens is 204 g/mol. The van der Waals surface area contributed by atoms with Crippen molar-refractivity contribution in [1.82, 2.24) is 14.5 Å². The van der Waals surface area contributed by atoms with E-state index in [2.05, 4.69) is 11.1 Å². The molecule has 2 heterocycles.